The van der Waals surface area contributed by atoms with Gasteiger partial charge in [0.05, 0.1) is 0 Å². The molecule has 282 valence electrons. The Labute approximate surface area is 347 Å². The fourth-order valence-corrected chi connectivity index (χ4v) is 15.5. The Morgan fingerprint density at radius 1 is 0.424 bits per heavy atom. The first-order valence-corrected chi connectivity index (χ1v) is 22.6. The lowest BCUT2D eigenvalue weighted by molar-refractivity contribution is 0.327. The van der Waals surface area contributed by atoms with Gasteiger partial charge in [0.15, 0.2) is 0 Å². The third kappa shape index (κ3) is 3.75. The van der Waals surface area contributed by atoms with Crippen molar-refractivity contribution in [3.8, 4) is 22.3 Å². The minimum absolute atomic E-state index is 0.107. The SMILES string of the molecule is c1ccc(N2c3ccccc3B3c4c2cccc4N(c2ccc4c(c2)C2(CC5CCC2C5)c2ccccc2-4)c2ccc4c(c23)-c2ccccc2[C@@]42CC3CCC2C3)cc1. The average molecular weight is 757 g/mol. The molecule has 3 heteroatoms. The molecule has 0 aromatic heterocycles. The van der Waals surface area contributed by atoms with E-state index in [-0.39, 0.29) is 17.5 Å². The Morgan fingerprint density at radius 3 is 1.75 bits per heavy atom. The molecular weight excluding hydrogens is 711 g/mol. The van der Waals surface area contributed by atoms with Crippen molar-refractivity contribution in [2.45, 2.75) is 62.2 Å². The van der Waals surface area contributed by atoms with E-state index in [1.165, 1.54) is 124 Å². The molecule has 2 heterocycles. The van der Waals surface area contributed by atoms with Crippen molar-refractivity contribution in [3.63, 3.8) is 0 Å². The van der Waals surface area contributed by atoms with Gasteiger partial charge in [0.1, 0.15) is 0 Å². The second-order valence-electron chi connectivity index (χ2n) is 19.6. The minimum atomic E-state index is 0.107. The minimum Gasteiger partial charge on any atom is -0.311 e. The van der Waals surface area contributed by atoms with E-state index in [0.717, 1.165) is 23.7 Å². The maximum atomic E-state index is 2.71. The number of benzene rings is 7. The number of hydrogen-bond donors (Lipinski definition) is 0. The fourth-order valence-electron chi connectivity index (χ4n) is 15.5. The Bertz CT molecular complexity index is 2990. The zero-order valence-electron chi connectivity index (χ0n) is 33.4. The van der Waals surface area contributed by atoms with Crippen LogP contribution in [0.25, 0.3) is 22.3 Å². The Morgan fingerprint density at radius 2 is 1.02 bits per heavy atom. The van der Waals surface area contributed by atoms with E-state index in [1.807, 2.05) is 0 Å². The summed E-state index contributed by atoms with van der Waals surface area (Å²) in [6.07, 6.45) is 10.9. The van der Waals surface area contributed by atoms with Crippen molar-refractivity contribution in [2.75, 3.05) is 9.80 Å². The normalized spacial score (nSPS) is 27.5. The number of rotatable bonds is 2. The zero-order valence-corrected chi connectivity index (χ0v) is 33.4. The van der Waals surface area contributed by atoms with Gasteiger partial charge < -0.3 is 9.80 Å². The van der Waals surface area contributed by atoms with Gasteiger partial charge in [0.25, 0.3) is 6.71 Å². The van der Waals surface area contributed by atoms with Gasteiger partial charge in [-0.2, -0.15) is 0 Å². The standard InChI is InChI=1S/C56H45BN2/c1-2-11-38(12-3-1)58-48-18-9-8-17-47(48)57-53-49(58)19-10-20-50(53)59(39-25-26-41-40-13-4-6-15-43(40)56(46(41)31-39)33-35-22-24-37(56)30-35)51-28-27-45-52(54(51)57)42-14-5-7-16-44(42)55(45)32-34-21-23-36(55)29-34/h1-20,25-28,31,34-37H,21-24,29-30,32-33H2/t34?,35?,36?,37?,55-,56?/m0/s1. The van der Waals surface area contributed by atoms with Crippen molar-refractivity contribution < 1.29 is 0 Å². The third-order valence-corrected chi connectivity index (χ3v) is 17.4. The summed E-state index contributed by atoms with van der Waals surface area (Å²) in [4.78, 5) is 5.26. The molecule has 4 bridgehead atoms. The Hall–Kier alpha value is -5.80. The van der Waals surface area contributed by atoms with E-state index in [9.17, 15) is 0 Å². The first-order valence-electron chi connectivity index (χ1n) is 22.6. The van der Waals surface area contributed by atoms with Gasteiger partial charge in [0, 0.05) is 45.0 Å². The molecule has 6 atom stereocenters. The Kier molecular flexibility index (Phi) is 6.02. The molecule has 59 heavy (non-hydrogen) atoms. The summed E-state index contributed by atoms with van der Waals surface area (Å²) in [5, 5.41) is 0. The smallest absolute Gasteiger partial charge is 0.252 e. The lowest BCUT2D eigenvalue weighted by atomic mass is 9.32. The average Bonchev–Trinajstić information content (AvgIpc) is 4.17. The topological polar surface area (TPSA) is 6.48 Å². The van der Waals surface area contributed by atoms with Crippen molar-refractivity contribution >= 4 is 57.2 Å². The largest absolute Gasteiger partial charge is 0.311 e. The molecule has 0 saturated heterocycles. The molecule has 5 unspecified atom stereocenters. The number of hydrogen-bond acceptors (Lipinski definition) is 2. The van der Waals surface area contributed by atoms with E-state index in [0.29, 0.717) is 0 Å². The summed E-state index contributed by atoms with van der Waals surface area (Å²) in [5.41, 5.74) is 24.7. The summed E-state index contributed by atoms with van der Waals surface area (Å²) in [7, 11) is 0. The van der Waals surface area contributed by atoms with Crippen LogP contribution in [0.4, 0.5) is 34.1 Å². The van der Waals surface area contributed by atoms with Crippen molar-refractivity contribution in [1.29, 1.82) is 0 Å². The molecule has 2 spiro atoms. The number of anilines is 6. The van der Waals surface area contributed by atoms with Crippen LogP contribution in [0, 0.1) is 23.7 Å². The predicted octanol–water partition coefficient (Wildman–Crippen LogP) is 11.9. The first kappa shape index (κ1) is 32.1. The highest BCUT2D eigenvalue weighted by molar-refractivity contribution is 7.01. The highest BCUT2D eigenvalue weighted by Gasteiger charge is 2.59. The van der Waals surface area contributed by atoms with Gasteiger partial charge in [-0.25, -0.2) is 0 Å². The highest BCUT2D eigenvalue weighted by atomic mass is 15.2. The first-order chi connectivity index (χ1) is 29.2. The van der Waals surface area contributed by atoms with Crippen molar-refractivity contribution in [1.82, 2.24) is 0 Å². The highest BCUT2D eigenvalue weighted by Crippen LogP contribution is 2.68. The molecule has 0 radical (unpaired) electrons. The lowest BCUT2D eigenvalue weighted by Gasteiger charge is -2.45. The fraction of sp³-hybridized carbons (Fsp3) is 0.250. The summed E-state index contributed by atoms with van der Waals surface area (Å²) in [6, 6.07) is 59.5. The predicted molar refractivity (Wildman–Crippen MR) is 244 cm³/mol. The monoisotopic (exact) mass is 756 g/mol. The van der Waals surface area contributed by atoms with Crippen LogP contribution in [-0.4, -0.2) is 6.71 Å². The molecule has 0 amide bonds. The quantitative estimate of drug-likeness (QED) is 0.162. The Balaban J connectivity index is 1.04. The third-order valence-electron chi connectivity index (χ3n) is 17.4. The van der Waals surface area contributed by atoms with Crippen LogP contribution < -0.4 is 26.2 Å². The summed E-state index contributed by atoms with van der Waals surface area (Å²) in [6.45, 7) is 0.107. The molecule has 4 fully saturated rings. The second-order valence-corrected chi connectivity index (χ2v) is 19.6. The molecule has 2 nitrogen and oxygen atoms in total. The second kappa shape index (κ2) is 11.1. The molecule has 7 aromatic rings. The van der Waals surface area contributed by atoms with Gasteiger partial charge in [-0.1, -0.05) is 116 Å². The van der Waals surface area contributed by atoms with E-state index >= 15 is 0 Å². The summed E-state index contributed by atoms with van der Waals surface area (Å²) < 4.78 is 0. The van der Waals surface area contributed by atoms with Crippen molar-refractivity contribution in [3.05, 3.63) is 174 Å². The number of fused-ring (bicyclic) bond motifs is 21. The molecule has 4 saturated carbocycles. The van der Waals surface area contributed by atoms with Crippen LogP contribution in [0.2, 0.25) is 0 Å². The van der Waals surface area contributed by atoms with Crippen LogP contribution >= 0.6 is 0 Å². The zero-order chi connectivity index (χ0) is 38.2. The van der Waals surface area contributed by atoms with E-state index in [1.54, 1.807) is 22.3 Å². The van der Waals surface area contributed by atoms with Gasteiger partial charge >= 0.3 is 0 Å². The summed E-state index contributed by atoms with van der Waals surface area (Å²) >= 11 is 0. The maximum absolute atomic E-state index is 2.71. The molecule has 7 aromatic carbocycles. The van der Waals surface area contributed by atoms with Crippen LogP contribution in [0.15, 0.2) is 152 Å². The molecular formula is C56H45BN2. The number of para-hydroxylation sites is 2. The molecule has 8 aliphatic rings. The molecule has 2 aliphatic heterocycles. The van der Waals surface area contributed by atoms with Crippen LogP contribution in [0.1, 0.15) is 73.6 Å². The molecule has 6 aliphatic carbocycles. The maximum Gasteiger partial charge on any atom is 0.252 e. The number of nitrogens with zero attached hydrogens (tertiary/aromatic N) is 2. The van der Waals surface area contributed by atoms with Gasteiger partial charge in [-0.3, -0.25) is 0 Å². The van der Waals surface area contributed by atoms with E-state index < -0.39 is 0 Å². The van der Waals surface area contributed by atoms with Crippen LogP contribution in [0.5, 0.6) is 0 Å². The van der Waals surface area contributed by atoms with E-state index in [2.05, 4.69) is 161 Å². The van der Waals surface area contributed by atoms with Gasteiger partial charge in [0.2, 0.25) is 0 Å². The van der Waals surface area contributed by atoms with Gasteiger partial charge in [-0.15, -0.1) is 0 Å². The van der Waals surface area contributed by atoms with Crippen LogP contribution in [-0.2, 0) is 10.8 Å². The van der Waals surface area contributed by atoms with Crippen LogP contribution in [0.3, 0.4) is 0 Å². The lowest BCUT2D eigenvalue weighted by Crippen LogP contribution is -2.62. The van der Waals surface area contributed by atoms with E-state index in [4.69, 9.17) is 0 Å². The van der Waals surface area contributed by atoms with Gasteiger partial charge in [-0.05, 0) is 172 Å². The van der Waals surface area contributed by atoms with Crippen molar-refractivity contribution in [2.24, 2.45) is 23.7 Å². The molecule has 0 N–H and O–H groups in total. The molecule has 15 rings (SSSR count). The summed E-state index contributed by atoms with van der Waals surface area (Å²) in [5.74, 6) is 3.12.